The van der Waals surface area contributed by atoms with Crippen molar-refractivity contribution in [2.75, 3.05) is 0 Å². The fourth-order valence-corrected chi connectivity index (χ4v) is 4.17. The minimum absolute atomic E-state index is 0.0780. The van der Waals surface area contributed by atoms with Gasteiger partial charge in [-0.1, -0.05) is 57.0 Å². The third-order valence-electron chi connectivity index (χ3n) is 6.21. The van der Waals surface area contributed by atoms with Crippen LogP contribution in [0.3, 0.4) is 0 Å². The molecular formula is C28H45N3O4. The molecule has 7 nitrogen and oxygen atoms in total. The zero-order valence-corrected chi connectivity index (χ0v) is 23.2. The van der Waals surface area contributed by atoms with E-state index in [-0.39, 0.29) is 29.7 Å². The van der Waals surface area contributed by atoms with E-state index >= 15 is 0 Å². The third-order valence-corrected chi connectivity index (χ3v) is 6.21. The highest BCUT2D eigenvalue weighted by Gasteiger charge is 2.49. The van der Waals surface area contributed by atoms with E-state index in [9.17, 15) is 14.4 Å². The normalized spacial score (nSPS) is 20.3. The fourth-order valence-electron chi connectivity index (χ4n) is 4.17. The van der Waals surface area contributed by atoms with Gasteiger partial charge in [-0.15, -0.1) is 0 Å². The summed E-state index contributed by atoms with van der Waals surface area (Å²) in [6.07, 6.45) is 0.867. The predicted molar refractivity (Wildman–Crippen MR) is 139 cm³/mol. The molecule has 196 valence electrons. The van der Waals surface area contributed by atoms with E-state index in [1.165, 1.54) is 0 Å². The van der Waals surface area contributed by atoms with Crippen LogP contribution in [0.2, 0.25) is 0 Å². The summed E-state index contributed by atoms with van der Waals surface area (Å²) in [4.78, 5) is 42.3. The van der Waals surface area contributed by atoms with Crippen LogP contribution in [0.1, 0.15) is 92.3 Å². The molecule has 1 aliphatic rings. The largest absolute Gasteiger partial charge is 0.444 e. The zero-order valence-electron chi connectivity index (χ0n) is 23.2. The molecule has 1 fully saturated rings. The summed E-state index contributed by atoms with van der Waals surface area (Å²) in [5.41, 5.74) is 0.625. The smallest absolute Gasteiger partial charge is 0.408 e. The lowest BCUT2D eigenvalue weighted by molar-refractivity contribution is -0.145. The first kappa shape index (κ1) is 28.7. The van der Waals surface area contributed by atoms with Crippen LogP contribution < -0.4 is 10.6 Å². The Balaban J connectivity index is 2.53. The van der Waals surface area contributed by atoms with Crippen LogP contribution in [0.15, 0.2) is 24.3 Å². The topological polar surface area (TPSA) is 87.7 Å². The molecule has 7 heteroatoms. The highest BCUT2D eigenvalue weighted by atomic mass is 16.6. The lowest BCUT2D eigenvalue weighted by Gasteiger charge is -2.37. The molecule has 1 saturated carbocycles. The summed E-state index contributed by atoms with van der Waals surface area (Å²) < 4.78 is 5.46. The van der Waals surface area contributed by atoms with Gasteiger partial charge >= 0.3 is 6.09 Å². The Morgan fingerprint density at radius 1 is 1.14 bits per heavy atom. The molecule has 35 heavy (non-hydrogen) atoms. The first-order valence-electron chi connectivity index (χ1n) is 12.7. The fraction of sp³-hybridized carbons (Fsp3) is 0.679. The van der Waals surface area contributed by atoms with Gasteiger partial charge in [-0.05, 0) is 72.3 Å². The molecular weight excluding hydrogens is 442 g/mol. The molecule has 1 aromatic carbocycles. The van der Waals surface area contributed by atoms with Crippen molar-refractivity contribution >= 4 is 17.9 Å². The number of benzene rings is 1. The molecule has 0 saturated heterocycles. The van der Waals surface area contributed by atoms with Gasteiger partial charge in [0.2, 0.25) is 11.8 Å². The van der Waals surface area contributed by atoms with Crippen molar-refractivity contribution < 1.29 is 19.1 Å². The lowest BCUT2D eigenvalue weighted by atomic mass is 9.94. The molecule has 0 aliphatic heterocycles. The Hall–Kier alpha value is -2.57. The number of nitrogens with zero attached hydrogens (tertiary/aromatic N) is 1. The molecule has 5 atom stereocenters. The second kappa shape index (κ2) is 11.0. The zero-order chi connectivity index (χ0) is 26.7. The number of hydrogen-bond donors (Lipinski definition) is 2. The van der Waals surface area contributed by atoms with Gasteiger partial charge in [-0.25, -0.2) is 4.79 Å². The summed E-state index contributed by atoms with van der Waals surface area (Å²) in [5.74, 6) is -0.353. The van der Waals surface area contributed by atoms with Crippen LogP contribution in [0.5, 0.6) is 0 Å². The number of ether oxygens (including phenoxy) is 1. The molecule has 1 aliphatic carbocycles. The highest BCUT2D eigenvalue weighted by Crippen LogP contribution is 2.41. The van der Waals surface area contributed by atoms with E-state index in [1.54, 1.807) is 25.7 Å². The Morgan fingerprint density at radius 2 is 1.74 bits per heavy atom. The molecule has 1 aromatic rings. The van der Waals surface area contributed by atoms with E-state index in [0.29, 0.717) is 6.42 Å². The van der Waals surface area contributed by atoms with E-state index < -0.39 is 29.3 Å². The van der Waals surface area contributed by atoms with E-state index in [0.717, 1.165) is 17.5 Å². The maximum Gasteiger partial charge on any atom is 0.408 e. The minimum Gasteiger partial charge on any atom is -0.444 e. The number of aryl methyl sites for hydroxylation is 1. The number of carbonyl (C=O) groups is 3. The molecule has 3 amide bonds. The summed E-state index contributed by atoms with van der Waals surface area (Å²) in [6.45, 7) is 19.1. The van der Waals surface area contributed by atoms with Gasteiger partial charge < -0.3 is 20.3 Å². The van der Waals surface area contributed by atoms with Crippen molar-refractivity contribution in [3.8, 4) is 0 Å². The molecule has 0 bridgehead atoms. The van der Waals surface area contributed by atoms with Crippen molar-refractivity contribution in [2.24, 2.45) is 11.8 Å². The van der Waals surface area contributed by atoms with Crippen molar-refractivity contribution in [1.82, 2.24) is 15.5 Å². The molecule has 0 heterocycles. The van der Waals surface area contributed by atoms with Crippen molar-refractivity contribution in [2.45, 2.75) is 111 Å². The summed E-state index contributed by atoms with van der Waals surface area (Å²) >= 11 is 0. The highest BCUT2D eigenvalue weighted by molar-refractivity contribution is 5.93. The van der Waals surface area contributed by atoms with Gasteiger partial charge in [0.25, 0.3) is 0 Å². The molecule has 2 N–H and O–H groups in total. The lowest BCUT2D eigenvalue weighted by Crippen LogP contribution is -2.57. The molecule has 0 radical (unpaired) electrons. The number of amides is 3. The van der Waals surface area contributed by atoms with Gasteiger partial charge in [0.05, 0.1) is 0 Å². The van der Waals surface area contributed by atoms with E-state index in [4.69, 9.17) is 4.74 Å². The second-order valence-electron chi connectivity index (χ2n) is 12.1. The molecule has 0 spiro atoms. The summed E-state index contributed by atoms with van der Waals surface area (Å²) in [5, 5.41) is 5.90. The summed E-state index contributed by atoms with van der Waals surface area (Å²) in [6, 6.07) is 6.05. The minimum atomic E-state index is -0.808. The van der Waals surface area contributed by atoms with Gasteiger partial charge in [0.1, 0.15) is 17.7 Å². The van der Waals surface area contributed by atoms with Gasteiger partial charge in [-0.2, -0.15) is 0 Å². The first-order chi connectivity index (χ1) is 16.0. The number of rotatable bonds is 8. The second-order valence-corrected chi connectivity index (χ2v) is 12.1. The van der Waals surface area contributed by atoms with Gasteiger partial charge in [0.15, 0.2) is 0 Å². The SMILES string of the molecule is CCC(C)C(NC(=O)OC(C)(C)C)C(=O)N(C(C(=O)NC(C)(C)C)c1cccc(C)c1)C1CC1C. The quantitative estimate of drug-likeness (QED) is 0.532. The van der Waals surface area contributed by atoms with E-state index in [1.807, 2.05) is 65.8 Å². The Bertz CT molecular complexity index is 916. The number of hydrogen-bond acceptors (Lipinski definition) is 4. The monoisotopic (exact) mass is 487 g/mol. The number of alkyl carbamates (subject to hydrolysis) is 1. The van der Waals surface area contributed by atoms with Crippen LogP contribution >= 0.6 is 0 Å². The van der Waals surface area contributed by atoms with Crippen LogP contribution in [0.25, 0.3) is 0 Å². The van der Waals surface area contributed by atoms with E-state index in [2.05, 4.69) is 17.6 Å². The predicted octanol–water partition coefficient (Wildman–Crippen LogP) is 5.13. The van der Waals surface area contributed by atoms with Crippen LogP contribution in [-0.4, -0.2) is 46.0 Å². The third kappa shape index (κ3) is 8.25. The van der Waals surface area contributed by atoms with Crippen LogP contribution in [0.4, 0.5) is 4.79 Å². The standard InChI is InChI=1S/C28H45N3O4/c1-11-18(3)22(29-26(34)35-28(8,9)10)25(33)31(21-16-19(21)4)23(24(32)30-27(5,6)7)20-14-12-13-17(2)15-20/h12-15,18-19,21-23H,11,16H2,1-10H3,(H,29,34)(H,30,32). The average molecular weight is 488 g/mol. The van der Waals surface area contributed by atoms with Crippen molar-refractivity contribution in [3.63, 3.8) is 0 Å². The summed E-state index contributed by atoms with van der Waals surface area (Å²) in [7, 11) is 0. The van der Waals surface area contributed by atoms with Crippen molar-refractivity contribution in [1.29, 1.82) is 0 Å². The number of nitrogens with one attached hydrogen (secondary N) is 2. The van der Waals surface area contributed by atoms with Crippen molar-refractivity contribution in [3.05, 3.63) is 35.4 Å². The Kier molecular flexibility index (Phi) is 9.01. The average Bonchev–Trinajstić information content (AvgIpc) is 3.42. The molecule has 0 aromatic heterocycles. The van der Waals surface area contributed by atoms with Gasteiger partial charge in [0, 0.05) is 11.6 Å². The van der Waals surface area contributed by atoms with Crippen LogP contribution in [-0.2, 0) is 14.3 Å². The molecule has 2 rings (SSSR count). The van der Waals surface area contributed by atoms with Gasteiger partial charge in [-0.3, -0.25) is 9.59 Å². The Morgan fingerprint density at radius 3 is 2.20 bits per heavy atom. The molecule has 5 unspecified atom stereocenters. The maximum atomic E-state index is 14.2. The Labute approximate surface area is 211 Å². The van der Waals surface area contributed by atoms with Crippen LogP contribution in [0, 0.1) is 18.8 Å². The maximum absolute atomic E-state index is 14.2. The number of carbonyl (C=O) groups excluding carboxylic acids is 3. The first-order valence-corrected chi connectivity index (χ1v) is 12.7.